The summed E-state index contributed by atoms with van der Waals surface area (Å²) in [6.07, 6.45) is 3.41. The molecule has 0 bridgehead atoms. The maximum atomic E-state index is 12.7. The summed E-state index contributed by atoms with van der Waals surface area (Å²) in [6, 6.07) is 13.0. The van der Waals surface area contributed by atoms with Crippen LogP contribution in [0.2, 0.25) is 0 Å². The Hall–Kier alpha value is -3.28. The molecule has 6 nitrogen and oxygen atoms in total. The Bertz CT molecular complexity index is 1000. The molecule has 0 spiro atoms. The van der Waals surface area contributed by atoms with Crippen molar-refractivity contribution in [1.82, 2.24) is 19.7 Å². The number of fused-ring (bicyclic) bond motifs is 1. The van der Waals surface area contributed by atoms with Gasteiger partial charge in [0.15, 0.2) is 0 Å². The summed E-state index contributed by atoms with van der Waals surface area (Å²) < 4.78 is 7.40. The minimum atomic E-state index is -0.295. The molecule has 0 aliphatic carbocycles. The van der Waals surface area contributed by atoms with E-state index in [-0.39, 0.29) is 17.6 Å². The fraction of sp³-hybridized carbons (Fsp3) is 0.0588. The van der Waals surface area contributed by atoms with E-state index in [4.69, 9.17) is 4.42 Å². The van der Waals surface area contributed by atoms with Gasteiger partial charge in [-0.25, -0.2) is 0 Å². The molecule has 0 unspecified atom stereocenters. The molecule has 4 aromatic rings. The molecule has 0 aliphatic heterocycles. The largest absolute Gasteiger partial charge is 0.412 e. The second kappa shape index (κ2) is 5.17. The molecule has 0 amide bonds. The Labute approximate surface area is 131 Å². The van der Waals surface area contributed by atoms with Gasteiger partial charge in [-0.1, -0.05) is 24.3 Å². The summed E-state index contributed by atoms with van der Waals surface area (Å²) in [6.45, 7) is 0. The molecule has 0 aliphatic rings. The van der Waals surface area contributed by atoms with Crippen LogP contribution in [0.3, 0.4) is 0 Å². The van der Waals surface area contributed by atoms with E-state index in [2.05, 4.69) is 15.2 Å². The molecule has 6 heteroatoms. The zero-order valence-corrected chi connectivity index (χ0v) is 12.3. The molecule has 4 rings (SSSR count). The monoisotopic (exact) mass is 304 g/mol. The van der Waals surface area contributed by atoms with Gasteiger partial charge in [0.1, 0.15) is 5.69 Å². The molecule has 0 saturated carbocycles. The van der Waals surface area contributed by atoms with Crippen molar-refractivity contribution in [3.63, 3.8) is 0 Å². The summed E-state index contributed by atoms with van der Waals surface area (Å²) in [5.41, 5.74) is 2.05. The van der Waals surface area contributed by atoms with Crippen molar-refractivity contribution < 1.29 is 9.21 Å². The lowest BCUT2D eigenvalue weighted by Gasteiger charge is -1.94. The predicted molar refractivity (Wildman–Crippen MR) is 83.9 cm³/mol. The van der Waals surface area contributed by atoms with Gasteiger partial charge < -0.3 is 8.98 Å². The van der Waals surface area contributed by atoms with Crippen molar-refractivity contribution in [2.45, 2.75) is 0 Å². The van der Waals surface area contributed by atoms with E-state index in [0.717, 1.165) is 10.9 Å². The lowest BCUT2D eigenvalue weighted by atomic mass is 10.1. The van der Waals surface area contributed by atoms with Gasteiger partial charge >= 0.3 is 0 Å². The minimum absolute atomic E-state index is 0.0398. The van der Waals surface area contributed by atoms with E-state index in [1.54, 1.807) is 24.5 Å². The number of ketones is 1. The Morgan fingerprint density at radius 1 is 1.09 bits per heavy atom. The third kappa shape index (κ3) is 2.20. The first-order valence-electron chi connectivity index (χ1n) is 7.08. The number of para-hydroxylation sites is 1. The third-order valence-corrected chi connectivity index (χ3v) is 3.64. The van der Waals surface area contributed by atoms with Crippen LogP contribution in [-0.4, -0.2) is 25.5 Å². The molecule has 3 heterocycles. The van der Waals surface area contributed by atoms with Crippen LogP contribution in [0.5, 0.6) is 0 Å². The standard InChI is InChI=1S/C17H12N4O2/c1-21-10-12(11-6-2-3-8-14(11)21)15(22)17-20-19-16(23-17)13-7-4-5-9-18-13/h2-10H,1H3. The van der Waals surface area contributed by atoms with Crippen LogP contribution in [0.4, 0.5) is 0 Å². The van der Waals surface area contributed by atoms with Gasteiger partial charge in [0.05, 0.1) is 5.56 Å². The lowest BCUT2D eigenvalue weighted by Crippen LogP contribution is -2.01. The highest BCUT2D eigenvalue weighted by Crippen LogP contribution is 2.23. The molecule has 0 atom stereocenters. The summed E-state index contributed by atoms with van der Waals surface area (Å²) in [5.74, 6) is -0.104. The number of aryl methyl sites for hydroxylation is 1. The topological polar surface area (TPSA) is 73.8 Å². The number of carbonyl (C=O) groups excluding carboxylic acids is 1. The van der Waals surface area contributed by atoms with Crippen LogP contribution >= 0.6 is 0 Å². The van der Waals surface area contributed by atoms with Gasteiger partial charge in [0.2, 0.25) is 0 Å². The second-order valence-corrected chi connectivity index (χ2v) is 5.13. The van der Waals surface area contributed by atoms with Crippen molar-refractivity contribution in [2.24, 2.45) is 7.05 Å². The van der Waals surface area contributed by atoms with E-state index in [1.165, 1.54) is 0 Å². The minimum Gasteiger partial charge on any atom is -0.412 e. The van der Waals surface area contributed by atoms with Crippen molar-refractivity contribution >= 4 is 16.7 Å². The van der Waals surface area contributed by atoms with Gasteiger partial charge in [0, 0.05) is 30.3 Å². The van der Waals surface area contributed by atoms with Gasteiger partial charge in [-0.15, -0.1) is 10.2 Å². The van der Waals surface area contributed by atoms with E-state index < -0.39 is 0 Å². The van der Waals surface area contributed by atoms with Crippen LogP contribution in [0.15, 0.2) is 59.3 Å². The third-order valence-electron chi connectivity index (χ3n) is 3.64. The smallest absolute Gasteiger partial charge is 0.289 e. The van der Waals surface area contributed by atoms with Crippen LogP contribution in [-0.2, 0) is 7.05 Å². The first kappa shape index (κ1) is 13.4. The summed E-state index contributed by atoms with van der Waals surface area (Å²) in [4.78, 5) is 16.8. The van der Waals surface area contributed by atoms with Gasteiger partial charge in [0.25, 0.3) is 17.6 Å². The van der Waals surface area contributed by atoms with Crippen LogP contribution < -0.4 is 0 Å². The Balaban J connectivity index is 1.76. The quantitative estimate of drug-likeness (QED) is 0.544. The number of rotatable bonds is 3. The number of hydrogen-bond acceptors (Lipinski definition) is 5. The number of pyridine rings is 1. The highest BCUT2D eigenvalue weighted by molar-refractivity contribution is 6.14. The molecule has 0 fully saturated rings. The molecule has 3 aromatic heterocycles. The molecular weight excluding hydrogens is 292 g/mol. The average molecular weight is 304 g/mol. The zero-order valence-electron chi connectivity index (χ0n) is 12.3. The van der Waals surface area contributed by atoms with Crippen molar-refractivity contribution in [2.75, 3.05) is 0 Å². The van der Waals surface area contributed by atoms with Gasteiger partial charge in [-0.2, -0.15) is 0 Å². The van der Waals surface area contributed by atoms with Crippen LogP contribution in [0.25, 0.3) is 22.5 Å². The Morgan fingerprint density at radius 3 is 2.74 bits per heavy atom. The molecule has 0 N–H and O–H groups in total. The Morgan fingerprint density at radius 2 is 1.91 bits per heavy atom. The molecule has 0 saturated heterocycles. The maximum absolute atomic E-state index is 12.7. The number of nitrogens with zero attached hydrogens (tertiary/aromatic N) is 4. The van der Waals surface area contributed by atoms with Crippen molar-refractivity contribution in [3.8, 4) is 11.6 Å². The normalized spacial score (nSPS) is 11.0. The van der Waals surface area contributed by atoms with Crippen LogP contribution in [0, 0.1) is 0 Å². The summed E-state index contributed by atoms with van der Waals surface area (Å²) in [7, 11) is 1.90. The number of benzene rings is 1. The summed E-state index contributed by atoms with van der Waals surface area (Å²) in [5, 5.41) is 8.64. The van der Waals surface area contributed by atoms with Crippen molar-refractivity contribution in [1.29, 1.82) is 0 Å². The first-order chi connectivity index (χ1) is 11.2. The predicted octanol–water partition coefficient (Wildman–Crippen LogP) is 2.85. The van der Waals surface area contributed by atoms with Gasteiger partial charge in [-0.05, 0) is 18.2 Å². The van der Waals surface area contributed by atoms with E-state index >= 15 is 0 Å². The Kier molecular flexibility index (Phi) is 3.01. The highest BCUT2D eigenvalue weighted by Gasteiger charge is 2.21. The number of aromatic nitrogens is 4. The van der Waals surface area contributed by atoms with Gasteiger partial charge in [-0.3, -0.25) is 9.78 Å². The number of hydrogen-bond donors (Lipinski definition) is 0. The fourth-order valence-electron chi connectivity index (χ4n) is 2.55. The zero-order chi connectivity index (χ0) is 15.8. The molecule has 1 aromatic carbocycles. The lowest BCUT2D eigenvalue weighted by molar-refractivity contribution is 0.100. The molecule has 0 radical (unpaired) electrons. The first-order valence-corrected chi connectivity index (χ1v) is 7.08. The number of carbonyl (C=O) groups is 1. The SMILES string of the molecule is Cn1cc(C(=O)c2nnc(-c3ccccn3)o2)c2ccccc21. The summed E-state index contributed by atoms with van der Waals surface area (Å²) >= 11 is 0. The van der Waals surface area contributed by atoms with Crippen LogP contribution in [0.1, 0.15) is 16.2 Å². The van der Waals surface area contributed by atoms with E-state index in [9.17, 15) is 4.79 Å². The molecular formula is C17H12N4O2. The molecule has 112 valence electrons. The maximum Gasteiger partial charge on any atom is 0.289 e. The fourth-order valence-corrected chi connectivity index (χ4v) is 2.55. The average Bonchev–Trinajstić information content (AvgIpc) is 3.21. The van der Waals surface area contributed by atoms with E-state index in [0.29, 0.717) is 11.3 Å². The molecule has 23 heavy (non-hydrogen) atoms. The van der Waals surface area contributed by atoms with Crippen molar-refractivity contribution in [3.05, 3.63) is 66.3 Å². The van der Waals surface area contributed by atoms with E-state index in [1.807, 2.05) is 41.9 Å². The second-order valence-electron chi connectivity index (χ2n) is 5.13. The highest BCUT2D eigenvalue weighted by atomic mass is 16.4.